The average Bonchev–Trinajstić information content (AvgIpc) is 3.72. The van der Waals surface area contributed by atoms with E-state index in [0.717, 1.165) is 16.7 Å². The van der Waals surface area contributed by atoms with E-state index in [1.807, 2.05) is 61.5 Å². The van der Waals surface area contributed by atoms with Crippen LogP contribution in [0.3, 0.4) is 0 Å². The summed E-state index contributed by atoms with van der Waals surface area (Å²) < 4.78 is 28.1. The number of fused-ring (bicyclic) bond motifs is 1. The van der Waals surface area contributed by atoms with Gasteiger partial charge in [0.25, 0.3) is 0 Å². The van der Waals surface area contributed by atoms with Gasteiger partial charge in [-0.2, -0.15) is 0 Å². The van der Waals surface area contributed by atoms with Crippen LogP contribution in [-0.4, -0.2) is 54.5 Å². The van der Waals surface area contributed by atoms with Crippen LogP contribution in [-0.2, 0) is 38.8 Å². The summed E-state index contributed by atoms with van der Waals surface area (Å²) >= 11 is -1.57. The number of benzene rings is 4. The number of aliphatic hydroxyl groups excluding tert-OH is 1. The van der Waals surface area contributed by atoms with Crippen LogP contribution in [0.1, 0.15) is 30.0 Å². The molecule has 0 aliphatic carbocycles. The Labute approximate surface area is 265 Å². The van der Waals surface area contributed by atoms with Crippen molar-refractivity contribution in [3.05, 3.63) is 150 Å². The molecule has 0 aromatic heterocycles. The van der Waals surface area contributed by atoms with Crippen LogP contribution in [0.25, 0.3) is 0 Å². The standard InChI is InChI=1S/C38H41O5Se/c1-29(39)15-14-24-38-37(44(38)33-22-12-5-13-23-33)36(42-27-32-20-10-4-11-21-32)35(41-26-31-18-8-3-9-19-31)34(43-38)28-40-25-30-16-6-2-7-17-30/h2-14,16-24,29,34-37,39H,15,25-28H2,1H3/q+1/b24-14-/t29-,34?,35?,36?,37-,38-,44?/m1/s1. The first kappa shape index (κ1) is 30.9. The van der Waals surface area contributed by atoms with Gasteiger partial charge in [-0.1, -0.05) is 0 Å². The predicted molar refractivity (Wildman–Crippen MR) is 175 cm³/mol. The number of hydrogen-bond donors (Lipinski definition) is 1. The first-order chi connectivity index (χ1) is 21.6. The molecule has 0 saturated carbocycles. The molecule has 4 aromatic rings. The summed E-state index contributed by atoms with van der Waals surface area (Å²) in [5.74, 6) is 0. The summed E-state index contributed by atoms with van der Waals surface area (Å²) in [7, 11) is 0. The molecule has 0 spiro atoms. The number of rotatable bonds is 14. The van der Waals surface area contributed by atoms with Gasteiger partial charge in [0.2, 0.25) is 0 Å². The fourth-order valence-electron chi connectivity index (χ4n) is 5.90. The maximum atomic E-state index is 10.1. The molecule has 6 heteroatoms. The molecule has 6 rings (SSSR count). The van der Waals surface area contributed by atoms with Gasteiger partial charge in [-0.15, -0.1) is 0 Å². The molecule has 4 aromatic carbocycles. The zero-order valence-corrected chi connectivity index (χ0v) is 26.8. The molecule has 2 aliphatic heterocycles. The quantitative estimate of drug-likeness (QED) is 0.130. The second kappa shape index (κ2) is 14.8. The van der Waals surface area contributed by atoms with Gasteiger partial charge in [0.1, 0.15) is 0 Å². The van der Waals surface area contributed by atoms with E-state index in [0.29, 0.717) is 32.8 Å². The molecule has 1 N–H and O–H groups in total. The monoisotopic (exact) mass is 657 g/mol. The van der Waals surface area contributed by atoms with E-state index in [1.165, 1.54) is 4.46 Å². The molecule has 2 saturated heterocycles. The van der Waals surface area contributed by atoms with Crippen molar-refractivity contribution in [2.45, 2.75) is 66.9 Å². The van der Waals surface area contributed by atoms with Crippen molar-refractivity contribution in [2.24, 2.45) is 0 Å². The molecule has 7 atom stereocenters. The molecule has 44 heavy (non-hydrogen) atoms. The summed E-state index contributed by atoms with van der Waals surface area (Å²) in [4.78, 5) is 0.157. The first-order valence-corrected chi connectivity index (χ1v) is 18.1. The Morgan fingerprint density at radius 1 is 0.727 bits per heavy atom. The maximum absolute atomic E-state index is 10.1. The zero-order chi connectivity index (χ0) is 30.2. The summed E-state index contributed by atoms with van der Waals surface area (Å²) in [6.07, 6.45) is 3.60. The van der Waals surface area contributed by atoms with Gasteiger partial charge in [0.05, 0.1) is 0 Å². The number of ether oxygens (including phenoxy) is 4. The van der Waals surface area contributed by atoms with Crippen molar-refractivity contribution in [3.63, 3.8) is 0 Å². The predicted octanol–water partition coefficient (Wildman–Crippen LogP) is 6.16. The van der Waals surface area contributed by atoms with E-state index in [1.54, 1.807) is 0 Å². The number of aliphatic hydroxyl groups is 1. The van der Waals surface area contributed by atoms with E-state index < -0.39 is 24.5 Å². The van der Waals surface area contributed by atoms with Gasteiger partial charge in [-0.3, -0.25) is 0 Å². The van der Waals surface area contributed by atoms with Crippen molar-refractivity contribution in [2.75, 3.05) is 6.61 Å². The Morgan fingerprint density at radius 3 is 1.77 bits per heavy atom. The molecule has 0 bridgehead atoms. The summed E-state index contributed by atoms with van der Waals surface area (Å²) in [5, 5.41) is 10.1. The van der Waals surface area contributed by atoms with Crippen molar-refractivity contribution >= 4 is 18.4 Å². The Kier molecular flexibility index (Phi) is 10.4. The molecule has 4 unspecified atom stereocenters. The van der Waals surface area contributed by atoms with Crippen molar-refractivity contribution in [1.29, 1.82) is 0 Å². The SMILES string of the molecule is C[C@@H](O)C/C=C\[C@]12OC(COCc3ccccc3)C(OCc3ccccc3)C(OCc3ccccc3)[C@H]1[Se+]2c1ccccc1. The van der Waals surface area contributed by atoms with Gasteiger partial charge >= 0.3 is 266 Å². The second-order valence-electron chi connectivity index (χ2n) is 11.5. The third-order valence-corrected chi connectivity index (χ3v) is 14.0. The third-order valence-electron chi connectivity index (χ3n) is 8.05. The van der Waals surface area contributed by atoms with Gasteiger partial charge in [-0.05, 0) is 0 Å². The van der Waals surface area contributed by atoms with E-state index >= 15 is 0 Å². The van der Waals surface area contributed by atoms with Crippen molar-refractivity contribution < 1.29 is 24.1 Å². The summed E-state index contributed by atoms with van der Waals surface area (Å²) in [5.41, 5.74) is 3.36. The van der Waals surface area contributed by atoms with E-state index in [2.05, 4.69) is 78.9 Å². The Balaban J connectivity index is 1.34. The van der Waals surface area contributed by atoms with Crippen LogP contribution in [0.15, 0.2) is 133 Å². The van der Waals surface area contributed by atoms with Crippen LogP contribution in [0.5, 0.6) is 0 Å². The average molecular weight is 657 g/mol. The molecule has 2 heterocycles. The Morgan fingerprint density at radius 2 is 1.23 bits per heavy atom. The van der Waals surface area contributed by atoms with Crippen LogP contribution in [0, 0.1) is 0 Å². The second-order valence-corrected chi connectivity index (χ2v) is 16.3. The minimum absolute atomic E-state index is 0.157. The van der Waals surface area contributed by atoms with Gasteiger partial charge in [0, 0.05) is 0 Å². The molecular formula is C38H41O5Se+. The molecule has 0 radical (unpaired) electrons. The van der Waals surface area contributed by atoms with Gasteiger partial charge in [-0.25, -0.2) is 0 Å². The van der Waals surface area contributed by atoms with Crippen LogP contribution in [0.2, 0.25) is 4.82 Å². The van der Waals surface area contributed by atoms with E-state index in [4.69, 9.17) is 18.9 Å². The Bertz CT molecular complexity index is 1450. The topological polar surface area (TPSA) is 57.2 Å². The molecule has 5 nitrogen and oxygen atoms in total. The van der Waals surface area contributed by atoms with E-state index in [-0.39, 0.29) is 23.1 Å². The molecule has 2 fully saturated rings. The summed E-state index contributed by atoms with van der Waals surface area (Å²) in [6.45, 7) is 3.65. The van der Waals surface area contributed by atoms with Crippen molar-refractivity contribution in [3.8, 4) is 0 Å². The summed E-state index contributed by atoms with van der Waals surface area (Å²) in [6, 6.07) is 41.6. The minimum atomic E-state index is -1.57. The zero-order valence-electron chi connectivity index (χ0n) is 25.1. The normalized spacial score (nSPS) is 26.7. The van der Waals surface area contributed by atoms with Gasteiger partial charge in [0.15, 0.2) is 0 Å². The van der Waals surface area contributed by atoms with Crippen LogP contribution in [0.4, 0.5) is 0 Å². The van der Waals surface area contributed by atoms with Gasteiger partial charge < -0.3 is 0 Å². The first-order valence-electron chi connectivity index (χ1n) is 15.4. The molecule has 0 amide bonds. The van der Waals surface area contributed by atoms with E-state index in [9.17, 15) is 5.11 Å². The third kappa shape index (κ3) is 7.42. The molecule has 2 aliphatic rings. The Hall–Kier alpha value is -3.06. The van der Waals surface area contributed by atoms with Crippen LogP contribution < -0.4 is 4.46 Å². The van der Waals surface area contributed by atoms with Crippen LogP contribution >= 0.6 is 0 Å². The van der Waals surface area contributed by atoms with Crippen molar-refractivity contribution in [1.82, 2.24) is 0 Å². The fraction of sp³-hybridized carbons (Fsp3) is 0.316. The molecule has 228 valence electrons. The fourth-order valence-corrected chi connectivity index (χ4v) is 12.5. The molecular weight excluding hydrogens is 615 g/mol. The number of hydrogen-bond acceptors (Lipinski definition) is 5.